The van der Waals surface area contributed by atoms with Crippen LogP contribution >= 0.6 is 0 Å². The van der Waals surface area contributed by atoms with Gasteiger partial charge in [0.15, 0.2) is 0 Å². The van der Waals surface area contributed by atoms with E-state index in [9.17, 15) is 19.5 Å². The zero-order valence-electron chi connectivity index (χ0n) is 14.6. The first-order valence-electron chi connectivity index (χ1n) is 8.29. The molecule has 0 unspecified atom stereocenters. The van der Waals surface area contributed by atoms with Gasteiger partial charge in [0.2, 0.25) is 5.91 Å². The van der Waals surface area contributed by atoms with Gasteiger partial charge in [-0.05, 0) is 24.3 Å². The highest BCUT2D eigenvalue weighted by molar-refractivity contribution is 5.90. The van der Waals surface area contributed by atoms with Gasteiger partial charge in [0.25, 0.3) is 0 Å². The fourth-order valence-corrected chi connectivity index (χ4v) is 2.57. The maximum atomic E-state index is 12.6. The van der Waals surface area contributed by atoms with E-state index in [1.165, 1.54) is 0 Å². The van der Waals surface area contributed by atoms with Crippen molar-refractivity contribution in [2.24, 2.45) is 11.8 Å². The smallest absolute Gasteiger partial charge is 0.326 e. The number of carboxylic acids is 1. The molecule has 1 aromatic carbocycles. The van der Waals surface area contributed by atoms with Crippen molar-refractivity contribution in [3.8, 4) is 6.07 Å². The lowest BCUT2D eigenvalue weighted by Crippen LogP contribution is -2.45. The Labute approximate surface area is 147 Å². The molecule has 6 heteroatoms. The summed E-state index contributed by atoms with van der Waals surface area (Å²) in [6.07, 6.45) is 0.290. The molecule has 0 aliphatic carbocycles. The number of carboxylic acid groups (broad SMARTS) is 1. The predicted molar refractivity (Wildman–Crippen MR) is 92.5 cm³/mol. The van der Waals surface area contributed by atoms with Gasteiger partial charge in [0.05, 0.1) is 12.5 Å². The second kappa shape index (κ2) is 10.2. The summed E-state index contributed by atoms with van der Waals surface area (Å²) in [5, 5.41) is 20.5. The highest BCUT2D eigenvalue weighted by Crippen LogP contribution is 2.15. The molecule has 0 spiro atoms. The van der Waals surface area contributed by atoms with Crippen molar-refractivity contribution in [2.75, 3.05) is 0 Å². The molecule has 0 heterocycles. The van der Waals surface area contributed by atoms with Crippen LogP contribution in [-0.2, 0) is 20.8 Å². The molecule has 0 aliphatic heterocycles. The summed E-state index contributed by atoms with van der Waals surface area (Å²) < 4.78 is 0. The number of ketones is 1. The number of nitrogens with zero attached hydrogens (tertiary/aromatic N) is 1. The molecule has 0 aromatic heterocycles. The van der Waals surface area contributed by atoms with E-state index in [1.54, 1.807) is 6.07 Å². The molecule has 134 valence electrons. The predicted octanol–water partition coefficient (Wildman–Crippen LogP) is 2.33. The normalized spacial score (nSPS) is 12.9. The molecule has 0 aliphatic rings. The van der Waals surface area contributed by atoms with Crippen LogP contribution < -0.4 is 5.32 Å². The second-order valence-electron chi connectivity index (χ2n) is 6.49. The van der Waals surface area contributed by atoms with Crippen LogP contribution in [0.4, 0.5) is 0 Å². The largest absolute Gasteiger partial charge is 0.480 e. The van der Waals surface area contributed by atoms with Crippen LogP contribution in [0.5, 0.6) is 0 Å². The van der Waals surface area contributed by atoms with Crippen molar-refractivity contribution in [1.29, 1.82) is 5.26 Å². The van der Waals surface area contributed by atoms with Crippen LogP contribution in [0, 0.1) is 23.2 Å². The molecule has 1 amide bonds. The standard InChI is InChI=1S/C19H24N2O4/c1-13(2)10-17(19(24)25)21-18(23)15(12-16(22)8-9-20)11-14-6-4-3-5-7-14/h3-7,13,15,17H,8,10-12H2,1-2H3,(H,21,23)(H,24,25)/t15-,17+/m1/s1. The van der Waals surface area contributed by atoms with Gasteiger partial charge in [-0.2, -0.15) is 5.26 Å². The number of carbonyl (C=O) groups is 3. The average molecular weight is 344 g/mol. The minimum atomic E-state index is -1.09. The Morgan fingerprint density at radius 1 is 1.20 bits per heavy atom. The summed E-state index contributed by atoms with van der Waals surface area (Å²) >= 11 is 0. The first kappa shape index (κ1) is 20.4. The van der Waals surface area contributed by atoms with Crippen LogP contribution in [0.2, 0.25) is 0 Å². The summed E-state index contributed by atoms with van der Waals surface area (Å²) in [7, 11) is 0. The van der Waals surface area contributed by atoms with Gasteiger partial charge in [0, 0.05) is 12.3 Å². The lowest BCUT2D eigenvalue weighted by molar-refractivity contribution is -0.143. The van der Waals surface area contributed by atoms with Gasteiger partial charge in [-0.3, -0.25) is 9.59 Å². The molecule has 25 heavy (non-hydrogen) atoms. The maximum absolute atomic E-state index is 12.6. The molecular formula is C19H24N2O4. The Morgan fingerprint density at radius 2 is 1.84 bits per heavy atom. The summed E-state index contributed by atoms with van der Waals surface area (Å²) in [4.78, 5) is 35.8. The highest BCUT2D eigenvalue weighted by atomic mass is 16.4. The Morgan fingerprint density at radius 3 is 2.36 bits per heavy atom. The SMILES string of the molecule is CC(C)C[C@H](NC(=O)[C@@H](CC(=O)CC#N)Cc1ccccc1)C(=O)O. The lowest BCUT2D eigenvalue weighted by Gasteiger charge is -2.21. The van der Waals surface area contributed by atoms with E-state index < -0.39 is 23.8 Å². The van der Waals surface area contributed by atoms with Gasteiger partial charge in [-0.15, -0.1) is 0 Å². The van der Waals surface area contributed by atoms with E-state index in [2.05, 4.69) is 5.32 Å². The van der Waals surface area contributed by atoms with Gasteiger partial charge in [-0.25, -0.2) is 4.79 Å². The first-order valence-corrected chi connectivity index (χ1v) is 8.29. The number of rotatable bonds is 10. The summed E-state index contributed by atoms with van der Waals surface area (Å²) in [6, 6.07) is 10.0. The fourth-order valence-electron chi connectivity index (χ4n) is 2.57. The number of hydrogen-bond acceptors (Lipinski definition) is 4. The van der Waals surface area contributed by atoms with Gasteiger partial charge >= 0.3 is 5.97 Å². The third-order valence-electron chi connectivity index (χ3n) is 3.77. The number of Topliss-reactive ketones (excluding diaryl/α,β-unsaturated/α-hetero) is 1. The Kier molecular flexibility index (Phi) is 8.34. The van der Waals surface area contributed by atoms with Crippen LogP contribution in [-0.4, -0.2) is 28.8 Å². The Hall–Kier alpha value is -2.68. The van der Waals surface area contributed by atoms with E-state index in [0.29, 0.717) is 12.8 Å². The van der Waals surface area contributed by atoms with Crippen molar-refractivity contribution in [1.82, 2.24) is 5.32 Å². The van der Waals surface area contributed by atoms with E-state index in [0.717, 1.165) is 5.56 Å². The van der Waals surface area contributed by atoms with E-state index in [4.69, 9.17) is 5.26 Å². The fraction of sp³-hybridized carbons (Fsp3) is 0.474. The van der Waals surface area contributed by atoms with Gasteiger partial charge < -0.3 is 10.4 Å². The molecule has 0 bridgehead atoms. The minimum Gasteiger partial charge on any atom is -0.480 e. The topological polar surface area (TPSA) is 107 Å². The van der Waals surface area contributed by atoms with Gasteiger partial charge in [-0.1, -0.05) is 44.2 Å². The van der Waals surface area contributed by atoms with Crippen molar-refractivity contribution in [2.45, 2.75) is 45.6 Å². The summed E-state index contributed by atoms with van der Waals surface area (Å²) in [5.74, 6) is -2.48. The molecule has 2 atom stereocenters. The molecule has 1 aromatic rings. The molecule has 0 radical (unpaired) electrons. The van der Waals surface area contributed by atoms with E-state index >= 15 is 0 Å². The van der Waals surface area contributed by atoms with E-state index in [1.807, 2.05) is 44.2 Å². The molecule has 1 rings (SSSR count). The number of nitriles is 1. The number of carbonyl (C=O) groups excluding carboxylic acids is 2. The lowest BCUT2D eigenvalue weighted by atomic mass is 9.92. The third kappa shape index (κ3) is 7.62. The van der Waals surface area contributed by atoms with E-state index in [-0.39, 0.29) is 24.5 Å². The zero-order valence-corrected chi connectivity index (χ0v) is 14.6. The van der Waals surface area contributed by atoms with Crippen LogP contribution in [0.1, 0.15) is 38.7 Å². The van der Waals surface area contributed by atoms with Crippen molar-refractivity contribution < 1.29 is 19.5 Å². The monoisotopic (exact) mass is 344 g/mol. The molecule has 0 saturated heterocycles. The highest BCUT2D eigenvalue weighted by Gasteiger charge is 2.27. The van der Waals surface area contributed by atoms with Crippen molar-refractivity contribution >= 4 is 17.7 Å². The zero-order chi connectivity index (χ0) is 18.8. The van der Waals surface area contributed by atoms with Crippen molar-refractivity contribution in [3.05, 3.63) is 35.9 Å². The molecule has 0 saturated carbocycles. The third-order valence-corrected chi connectivity index (χ3v) is 3.77. The quantitative estimate of drug-likeness (QED) is 0.677. The Bertz CT molecular complexity index is 635. The van der Waals surface area contributed by atoms with Crippen LogP contribution in [0.25, 0.3) is 0 Å². The van der Waals surface area contributed by atoms with Crippen LogP contribution in [0.15, 0.2) is 30.3 Å². The number of nitrogens with one attached hydrogen (secondary N) is 1. The van der Waals surface area contributed by atoms with Crippen molar-refractivity contribution in [3.63, 3.8) is 0 Å². The average Bonchev–Trinajstić information content (AvgIpc) is 2.54. The Balaban J connectivity index is 2.88. The minimum absolute atomic E-state index is 0.0810. The number of aliphatic carboxylic acids is 1. The second-order valence-corrected chi connectivity index (χ2v) is 6.49. The summed E-state index contributed by atoms with van der Waals surface area (Å²) in [5.41, 5.74) is 0.878. The molecular weight excluding hydrogens is 320 g/mol. The summed E-state index contributed by atoms with van der Waals surface area (Å²) in [6.45, 7) is 3.75. The van der Waals surface area contributed by atoms with Gasteiger partial charge in [0.1, 0.15) is 11.8 Å². The number of amides is 1. The first-order chi connectivity index (χ1) is 11.8. The van der Waals surface area contributed by atoms with Crippen LogP contribution in [0.3, 0.4) is 0 Å². The number of benzene rings is 1. The molecule has 0 fully saturated rings. The maximum Gasteiger partial charge on any atom is 0.326 e. The molecule has 2 N–H and O–H groups in total. The number of hydrogen-bond donors (Lipinski definition) is 2. The molecule has 6 nitrogen and oxygen atoms in total.